The molecule has 0 bridgehead atoms. The molecule has 0 amide bonds. The highest BCUT2D eigenvalue weighted by molar-refractivity contribution is 9.10. The molecule has 0 fully saturated rings. The number of phenols is 2. The van der Waals surface area contributed by atoms with Crippen molar-refractivity contribution in [1.29, 1.82) is 0 Å². The molecule has 0 aliphatic rings. The Labute approximate surface area is 91.0 Å². The van der Waals surface area contributed by atoms with Crippen molar-refractivity contribution in [1.82, 2.24) is 0 Å². The fraction of sp³-hybridized carbons (Fsp3) is 0.125. The largest absolute Gasteiger partial charge is 0.504 e. The lowest BCUT2D eigenvalue weighted by atomic mass is 10.1. The van der Waals surface area contributed by atoms with E-state index in [1.54, 1.807) is 0 Å². The van der Waals surface area contributed by atoms with Crippen LogP contribution in [0.25, 0.3) is 0 Å². The maximum absolute atomic E-state index is 13.1. The number of aliphatic imine (C=N–C) groups is 1. The average Bonchev–Trinajstić information content (AvgIpc) is 2.11. The number of alkyl halides is 2. The molecule has 0 atom stereocenters. The molecule has 1 aromatic rings. The van der Waals surface area contributed by atoms with E-state index in [4.69, 9.17) is 10.2 Å². The summed E-state index contributed by atoms with van der Waals surface area (Å²) in [5, 5.41) is 18.0. The molecule has 1 aromatic carbocycles. The van der Waals surface area contributed by atoms with Gasteiger partial charge >= 0.3 is 6.05 Å². The standard InChI is InChI=1S/C8H4BrF2NO3/c9-5-2-7(15)6(14)1-4(5)8(10,11)12-3-13/h1-2,14-15H. The number of phenolic OH excluding ortho intramolecular Hbond substituents is 2. The van der Waals surface area contributed by atoms with Gasteiger partial charge in [0.25, 0.3) is 0 Å². The van der Waals surface area contributed by atoms with E-state index in [0.717, 1.165) is 12.1 Å². The summed E-state index contributed by atoms with van der Waals surface area (Å²) in [5.74, 6) is -1.29. The second-order valence-electron chi connectivity index (χ2n) is 2.57. The average molecular weight is 280 g/mol. The van der Waals surface area contributed by atoms with Gasteiger partial charge in [-0.25, -0.2) is 4.79 Å². The minimum absolute atomic E-state index is 0.179. The third kappa shape index (κ3) is 2.31. The molecule has 0 heterocycles. The molecule has 0 aliphatic carbocycles. The zero-order valence-corrected chi connectivity index (χ0v) is 8.62. The highest BCUT2D eigenvalue weighted by Crippen LogP contribution is 2.40. The number of aromatic hydroxyl groups is 2. The summed E-state index contributed by atoms with van der Waals surface area (Å²) in [7, 11) is 0. The first-order valence-electron chi connectivity index (χ1n) is 3.57. The first-order chi connectivity index (χ1) is 6.88. The van der Waals surface area contributed by atoms with Crippen LogP contribution in [0.5, 0.6) is 11.5 Å². The summed E-state index contributed by atoms with van der Waals surface area (Å²) in [5.41, 5.74) is -0.735. The van der Waals surface area contributed by atoms with Gasteiger partial charge in [0.2, 0.25) is 6.08 Å². The molecule has 0 unspecified atom stereocenters. The van der Waals surface area contributed by atoms with Crippen LogP contribution in [0.1, 0.15) is 5.56 Å². The Morgan fingerprint density at radius 3 is 2.40 bits per heavy atom. The molecule has 0 spiro atoms. The highest BCUT2D eigenvalue weighted by atomic mass is 79.9. The molecule has 0 saturated heterocycles. The van der Waals surface area contributed by atoms with Crippen LogP contribution in [0.2, 0.25) is 0 Å². The Morgan fingerprint density at radius 2 is 1.87 bits per heavy atom. The van der Waals surface area contributed by atoms with Crippen molar-refractivity contribution in [2.24, 2.45) is 4.99 Å². The van der Waals surface area contributed by atoms with Gasteiger partial charge < -0.3 is 10.2 Å². The molecule has 2 N–H and O–H groups in total. The van der Waals surface area contributed by atoms with Gasteiger partial charge in [0.15, 0.2) is 11.5 Å². The van der Waals surface area contributed by atoms with Gasteiger partial charge in [-0.2, -0.15) is 8.78 Å². The lowest BCUT2D eigenvalue weighted by Gasteiger charge is -2.12. The van der Waals surface area contributed by atoms with E-state index in [2.05, 4.69) is 20.9 Å². The first-order valence-corrected chi connectivity index (χ1v) is 4.36. The van der Waals surface area contributed by atoms with Gasteiger partial charge in [-0.3, -0.25) is 0 Å². The molecule has 0 aromatic heterocycles. The van der Waals surface area contributed by atoms with Crippen LogP contribution >= 0.6 is 15.9 Å². The molecule has 0 saturated carbocycles. The zero-order valence-electron chi connectivity index (χ0n) is 7.04. The van der Waals surface area contributed by atoms with E-state index >= 15 is 0 Å². The molecule has 0 aliphatic heterocycles. The van der Waals surface area contributed by atoms with Gasteiger partial charge in [0, 0.05) is 4.47 Å². The SMILES string of the molecule is O=C=NC(F)(F)c1cc(O)c(O)cc1Br. The minimum Gasteiger partial charge on any atom is -0.504 e. The predicted octanol–water partition coefficient (Wildman–Crippen LogP) is 2.25. The van der Waals surface area contributed by atoms with Crippen molar-refractivity contribution >= 4 is 22.0 Å². The van der Waals surface area contributed by atoms with E-state index in [9.17, 15) is 13.6 Å². The fourth-order valence-electron chi connectivity index (χ4n) is 0.899. The van der Waals surface area contributed by atoms with Gasteiger partial charge in [0.05, 0.1) is 5.56 Å². The monoisotopic (exact) mass is 279 g/mol. The predicted molar refractivity (Wildman–Crippen MR) is 49.5 cm³/mol. The third-order valence-electron chi connectivity index (χ3n) is 1.57. The second-order valence-corrected chi connectivity index (χ2v) is 3.42. The van der Waals surface area contributed by atoms with Gasteiger partial charge in [-0.1, -0.05) is 15.9 Å². The van der Waals surface area contributed by atoms with Crippen molar-refractivity contribution in [3.63, 3.8) is 0 Å². The van der Waals surface area contributed by atoms with Crippen LogP contribution < -0.4 is 0 Å². The van der Waals surface area contributed by atoms with E-state index in [0.29, 0.717) is 6.07 Å². The lowest BCUT2D eigenvalue weighted by molar-refractivity contribution is 0.00515. The van der Waals surface area contributed by atoms with Crippen molar-refractivity contribution < 1.29 is 23.8 Å². The van der Waals surface area contributed by atoms with E-state index in [-0.39, 0.29) is 4.47 Å². The molecule has 4 nitrogen and oxygen atoms in total. The van der Waals surface area contributed by atoms with Crippen LogP contribution in [-0.2, 0) is 10.8 Å². The number of hydrogen-bond donors (Lipinski definition) is 2. The molecule has 15 heavy (non-hydrogen) atoms. The van der Waals surface area contributed by atoms with Crippen LogP contribution in [0.15, 0.2) is 21.6 Å². The first kappa shape index (κ1) is 11.6. The Kier molecular flexibility index (Phi) is 3.06. The normalized spacial score (nSPS) is 10.9. The number of isocyanates is 1. The number of benzene rings is 1. The molecule has 0 radical (unpaired) electrons. The molecule has 7 heteroatoms. The van der Waals surface area contributed by atoms with Crippen molar-refractivity contribution in [2.75, 3.05) is 0 Å². The maximum atomic E-state index is 13.1. The summed E-state index contributed by atoms with van der Waals surface area (Å²) in [6, 6.07) is -2.31. The number of carbonyl (C=O) groups excluding carboxylic acids is 1. The summed E-state index contributed by atoms with van der Waals surface area (Å²) in [6.07, 6.45) is 0.728. The molecular formula is C8H4BrF2NO3. The quantitative estimate of drug-likeness (QED) is 0.378. The molecule has 1 rings (SSSR count). The van der Waals surface area contributed by atoms with Gasteiger partial charge in [0.1, 0.15) is 0 Å². The van der Waals surface area contributed by atoms with Crippen molar-refractivity contribution in [3.8, 4) is 11.5 Å². The third-order valence-corrected chi connectivity index (χ3v) is 2.23. The number of nitrogens with zero attached hydrogens (tertiary/aromatic N) is 1. The van der Waals surface area contributed by atoms with Gasteiger partial charge in [-0.05, 0) is 12.1 Å². The Balaban J connectivity index is 3.38. The molecule has 80 valence electrons. The Morgan fingerprint density at radius 1 is 1.33 bits per heavy atom. The van der Waals surface area contributed by atoms with E-state index < -0.39 is 23.1 Å². The number of rotatable bonds is 2. The molecular weight excluding hydrogens is 276 g/mol. The van der Waals surface area contributed by atoms with Crippen LogP contribution in [0.3, 0.4) is 0 Å². The van der Waals surface area contributed by atoms with Gasteiger partial charge in [-0.15, -0.1) is 4.99 Å². The lowest BCUT2D eigenvalue weighted by Crippen LogP contribution is -2.10. The summed E-state index contributed by atoms with van der Waals surface area (Å²) >= 11 is 2.75. The van der Waals surface area contributed by atoms with Crippen molar-refractivity contribution in [2.45, 2.75) is 6.05 Å². The topological polar surface area (TPSA) is 69.9 Å². The number of hydrogen-bond acceptors (Lipinski definition) is 4. The summed E-state index contributed by atoms with van der Waals surface area (Å²) in [4.78, 5) is 12.1. The minimum atomic E-state index is -3.80. The van der Waals surface area contributed by atoms with Crippen LogP contribution in [0.4, 0.5) is 8.78 Å². The van der Waals surface area contributed by atoms with E-state index in [1.165, 1.54) is 0 Å². The maximum Gasteiger partial charge on any atom is 0.380 e. The Bertz CT molecular complexity index is 444. The Hall–Kier alpha value is -1.46. The van der Waals surface area contributed by atoms with Crippen LogP contribution in [0, 0.1) is 0 Å². The summed E-state index contributed by atoms with van der Waals surface area (Å²) < 4.78 is 26.0. The van der Waals surface area contributed by atoms with Crippen LogP contribution in [-0.4, -0.2) is 16.3 Å². The summed E-state index contributed by atoms with van der Waals surface area (Å²) in [6.45, 7) is 0. The highest BCUT2D eigenvalue weighted by Gasteiger charge is 2.34. The second kappa shape index (κ2) is 3.96. The van der Waals surface area contributed by atoms with Crippen molar-refractivity contribution in [3.05, 3.63) is 22.2 Å². The smallest absolute Gasteiger partial charge is 0.380 e. The van der Waals surface area contributed by atoms with E-state index in [1.807, 2.05) is 0 Å². The zero-order chi connectivity index (χ0) is 11.6. The number of halogens is 3. The fourth-order valence-corrected chi connectivity index (χ4v) is 1.47.